The molecule has 0 saturated heterocycles. The summed E-state index contributed by atoms with van der Waals surface area (Å²) in [5, 5.41) is 4.11. The van der Waals surface area contributed by atoms with Crippen molar-refractivity contribution in [2.45, 2.75) is 18.4 Å². The summed E-state index contributed by atoms with van der Waals surface area (Å²) < 4.78 is 12.5. The van der Waals surface area contributed by atoms with Crippen molar-refractivity contribution in [3.8, 4) is 5.75 Å². The van der Waals surface area contributed by atoms with Crippen molar-refractivity contribution in [2.24, 2.45) is 7.05 Å². The normalized spacial score (nSPS) is 10.4. The molecule has 0 atom stereocenters. The van der Waals surface area contributed by atoms with Crippen LogP contribution in [-0.4, -0.2) is 28.6 Å². The number of esters is 1. The Morgan fingerprint density at radius 1 is 1.38 bits per heavy atom. The first kappa shape index (κ1) is 15.4. The number of aryl methyl sites for hydroxylation is 1. The van der Waals surface area contributed by atoms with Crippen molar-refractivity contribution in [1.82, 2.24) is 9.78 Å². The molecule has 0 amide bonds. The molecule has 1 aromatic heterocycles. The smallest absolute Gasteiger partial charge is 0.341 e. The molecule has 0 N–H and O–H groups in total. The zero-order valence-electron chi connectivity index (χ0n) is 12.3. The highest BCUT2D eigenvalue weighted by atomic mass is 32.2. The molecular weight excluding hydrogens is 288 g/mol. The largest absolute Gasteiger partial charge is 0.486 e. The number of benzene rings is 1. The van der Waals surface area contributed by atoms with Crippen LogP contribution in [0.3, 0.4) is 0 Å². The van der Waals surface area contributed by atoms with E-state index in [0.717, 1.165) is 10.6 Å². The van der Waals surface area contributed by atoms with Crippen LogP contribution in [0.15, 0.2) is 35.4 Å². The molecule has 0 aliphatic carbocycles. The molecule has 0 fully saturated rings. The zero-order chi connectivity index (χ0) is 15.2. The number of thioether (sulfide) groups is 1. The van der Waals surface area contributed by atoms with E-state index in [2.05, 4.69) is 5.10 Å². The number of nitrogens with zero attached hydrogens (tertiary/aromatic N) is 2. The fourth-order valence-electron chi connectivity index (χ4n) is 1.90. The van der Waals surface area contributed by atoms with E-state index in [0.29, 0.717) is 17.9 Å². The Balaban J connectivity index is 2.16. The molecule has 1 heterocycles. The number of carbonyl (C=O) groups excluding carboxylic acids is 1. The van der Waals surface area contributed by atoms with Crippen LogP contribution in [0.5, 0.6) is 5.75 Å². The summed E-state index contributed by atoms with van der Waals surface area (Å²) in [6.45, 7) is 2.38. The maximum atomic E-state index is 11.9. The van der Waals surface area contributed by atoms with Gasteiger partial charge in [-0.15, -0.1) is 11.8 Å². The predicted molar refractivity (Wildman–Crippen MR) is 81.7 cm³/mol. The SMILES string of the molecule is CCOC(=O)c1cnn(C)c1COc1ccccc1SC. The third kappa shape index (κ3) is 3.58. The van der Waals surface area contributed by atoms with Crippen LogP contribution in [0.25, 0.3) is 0 Å². The summed E-state index contributed by atoms with van der Waals surface area (Å²) in [4.78, 5) is 12.9. The van der Waals surface area contributed by atoms with Gasteiger partial charge in [0.1, 0.15) is 17.9 Å². The first-order chi connectivity index (χ1) is 10.2. The van der Waals surface area contributed by atoms with Gasteiger partial charge < -0.3 is 9.47 Å². The second-order valence-electron chi connectivity index (χ2n) is 4.29. The molecule has 2 rings (SSSR count). The van der Waals surface area contributed by atoms with Crippen molar-refractivity contribution >= 4 is 17.7 Å². The van der Waals surface area contributed by atoms with Gasteiger partial charge >= 0.3 is 5.97 Å². The Bertz CT molecular complexity index is 625. The van der Waals surface area contributed by atoms with Crippen molar-refractivity contribution in [1.29, 1.82) is 0 Å². The molecule has 2 aromatic rings. The van der Waals surface area contributed by atoms with Crippen LogP contribution < -0.4 is 4.74 Å². The molecule has 6 heteroatoms. The predicted octanol–water partition coefficient (Wildman–Crippen LogP) is 2.90. The van der Waals surface area contributed by atoms with Crippen molar-refractivity contribution in [3.63, 3.8) is 0 Å². The monoisotopic (exact) mass is 306 g/mol. The van der Waals surface area contributed by atoms with Gasteiger partial charge in [-0.25, -0.2) is 4.79 Å². The Kier molecular flexibility index (Phi) is 5.27. The number of rotatable bonds is 6. The van der Waals surface area contributed by atoms with Crippen LogP contribution in [0.4, 0.5) is 0 Å². The summed E-state index contributed by atoms with van der Waals surface area (Å²) in [5.41, 5.74) is 1.14. The number of aromatic nitrogens is 2. The van der Waals surface area contributed by atoms with Gasteiger partial charge in [-0.05, 0) is 25.3 Å². The topological polar surface area (TPSA) is 53.3 Å². The van der Waals surface area contributed by atoms with Crippen LogP contribution in [0.2, 0.25) is 0 Å². The van der Waals surface area contributed by atoms with E-state index in [1.807, 2.05) is 30.5 Å². The highest BCUT2D eigenvalue weighted by Crippen LogP contribution is 2.27. The first-order valence-corrected chi connectivity index (χ1v) is 7.83. The summed E-state index contributed by atoms with van der Waals surface area (Å²) in [5.74, 6) is 0.420. The van der Waals surface area contributed by atoms with E-state index in [1.165, 1.54) is 6.20 Å². The molecule has 0 spiro atoms. The second-order valence-corrected chi connectivity index (χ2v) is 5.14. The lowest BCUT2D eigenvalue weighted by Gasteiger charge is -2.11. The van der Waals surface area contributed by atoms with E-state index < -0.39 is 0 Å². The molecule has 1 aromatic carbocycles. The maximum Gasteiger partial charge on any atom is 0.341 e. The lowest BCUT2D eigenvalue weighted by atomic mass is 10.2. The zero-order valence-corrected chi connectivity index (χ0v) is 13.1. The molecule has 5 nitrogen and oxygen atoms in total. The molecular formula is C15H18N2O3S. The fraction of sp³-hybridized carbons (Fsp3) is 0.333. The quantitative estimate of drug-likeness (QED) is 0.607. The van der Waals surface area contributed by atoms with Gasteiger partial charge in [-0.1, -0.05) is 12.1 Å². The summed E-state index contributed by atoms with van der Waals surface area (Å²) in [6.07, 6.45) is 3.51. The van der Waals surface area contributed by atoms with E-state index >= 15 is 0 Å². The van der Waals surface area contributed by atoms with E-state index in [9.17, 15) is 4.79 Å². The lowest BCUT2D eigenvalue weighted by Crippen LogP contribution is -2.11. The summed E-state index contributed by atoms with van der Waals surface area (Å²) in [7, 11) is 1.78. The average molecular weight is 306 g/mol. The molecule has 0 saturated carbocycles. The highest BCUT2D eigenvalue weighted by molar-refractivity contribution is 7.98. The van der Waals surface area contributed by atoms with E-state index in [4.69, 9.17) is 9.47 Å². The molecule has 0 bridgehead atoms. The van der Waals surface area contributed by atoms with Gasteiger partial charge in [0.15, 0.2) is 0 Å². The van der Waals surface area contributed by atoms with E-state index in [1.54, 1.807) is 30.4 Å². The van der Waals surface area contributed by atoms with Gasteiger partial charge in [-0.3, -0.25) is 4.68 Å². The number of ether oxygens (including phenoxy) is 2. The van der Waals surface area contributed by atoms with Crippen LogP contribution in [-0.2, 0) is 18.4 Å². The fourth-order valence-corrected chi connectivity index (χ4v) is 2.44. The number of carbonyl (C=O) groups is 1. The Hall–Kier alpha value is -1.95. The molecule has 0 aliphatic heterocycles. The summed E-state index contributed by atoms with van der Waals surface area (Å²) >= 11 is 1.62. The van der Waals surface area contributed by atoms with Crippen LogP contribution >= 0.6 is 11.8 Å². The minimum absolute atomic E-state index is 0.266. The van der Waals surface area contributed by atoms with Gasteiger partial charge in [0.2, 0.25) is 0 Å². The minimum Gasteiger partial charge on any atom is -0.486 e. The van der Waals surface area contributed by atoms with E-state index in [-0.39, 0.29) is 12.6 Å². The maximum absolute atomic E-state index is 11.9. The number of hydrogen-bond acceptors (Lipinski definition) is 5. The van der Waals surface area contributed by atoms with Crippen molar-refractivity contribution in [2.75, 3.05) is 12.9 Å². The average Bonchev–Trinajstić information content (AvgIpc) is 2.86. The van der Waals surface area contributed by atoms with Crippen LogP contribution in [0, 0.1) is 0 Å². The molecule has 112 valence electrons. The second kappa shape index (κ2) is 7.17. The summed E-state index contributed by atoms with van der Waals surface area (Å²) in [6, 6.07) is 7.79. The Labute approximate surface area is 128 Å². The van der Waals surface area contributed by atoms with Gasteiger partial charge in [0, 0.05) is 11.9 Å². The molecule has 0 unspecified atom stereocenters. The third-order valence-corrected chi connectivity index (χ3v) is 3.77. The Morgan fingerprint density at radius 3 is 2.86 bits per heavy atom. The van der Waals surface area contributed by atoms with Gasteiger partial charge in [0.05, 0.1) is 18.5 Å². The van der Waals surface area contributed by atoms with Crippen LogP contribution in [0.1, 0.15) is 23.0 Å². The molecule has 21 heavy (non-hydrogen) atoms. The number of para-hydroxylation sites is 1. The lowest BCUT2D eigenvalue weighted by molar-refractivity contribution is 0.0523. The van der Waals surface area contributed by atoms with Crippen molar-refractivity contribution in [3.05, 3.63) is 41.7 Å². The molecule has 0 aliphatic rings. The molecule has 0 radical (unpaired) electrons. The number of hydrogen-bond donors (Lipinski definition) is 0. The first-order valence-electron chi connectivity index (χ1n) is 6.61. The van der Waals surface area contributed by atoms with Gasteiger partial charge in [-0.2, -0.15) is 5.10 Å². The minimum atomic E-state index is -0.373. The van der Waals surface area contributed by atoms with Crippen molar-refractivity contribution < 1.29 is 14.3 Å². The third-order valence-electron chi connectivity index (χ3n) is 2.99. The highest BCUT2D eigenvalue weighted by Gasteiger charge is 2.18. The van der Waals surface area contributed by atoms with Gasteiger partial charge in [0.25, 0.3) is 0 Å². The Morgan fingerprint density at radius 2 is 2.14 bits per heavy atom. The standard InChI is InChI=1S/C15H18N2O3S/c1-4-19-15(18)11-9-16-17(2)12(11)10-20-13-7-5-6-8-14(13)21-3/h5-9H,4,10H2,1-3H3.